The molecule has 0 fully saturated rings. The molecule has 18 heavy (non-hydrogen) atoms. The third kappa shape index (κ3) is 2.73. The maximum Gasteiger partial charge on any atom is 0.271 e. The molecule has 0 amide bonds. The van der Waals surface area contributed by atoms with Crippen molar-refractivity contribution < 1.29 is 9.63 Å². The highest BCUT2D eigenvalue weighted by atomic mass is 32.1. The molecule has 0 radical (unpaired) electrons. The van der Waals surface area contributed by atoms with Crippen molar-refractivity contribution in [2.24, 2.45) is 0 Å². The Kier molecular flexibility index (Phi) is 4.38. The van der Waals surface area contributed by atoms with Crippen LogP contribution in [0.5, 0.6) is 0 Å². The lowest BCUT2D eigenvalue weighted by atomic mass is 10.2. The monoisotopic (exact) mass is 268 g/mol. The molecule has 0 saturated carbocycles. The predicted molar refractivity (Wildman–Crippen MR) is 67.1 cm³/mol. The Morgan fingerprint density at radius 1 is 1.33 bits per heavy atom. The van der Waals surface area contributed by atoms with Crippen molar-refractivity contribution in [1.29, 1.82) is 0 Å². The molecule has 1 N–H and O–H groups in total. The van der Waals surface area contributed by atoms with Crippen LogP contribution in [0.1, 0.15) is 50.7 Å². The quantitative estimate of drug-likeness (QED) is 0.865. The Morgan fingerprint density at radius 3 is 2.89 bits per heavy atom. The molecule has 1 atom stereocenters. The van der Waals surface area contributed by atoms with Crippen LogP contribution in [0.3, 0.4) is 0 Å². The summed E-state index contributed by atoms with van der Waals surface area (Å²) in [6.07, 6.45) is 2.65. The normalized spacial score (nSPS) is 12.8. The van der Waals surface area contributed by atoms with Gasteiger partial charge in [-0.05, 0) is 24.4 Å². The van der Waals surface area contributed by atoms with Crippen molar-refractivity contribution in [3.05, 3.63) is 11.5 Å². The third-order valence-electron chi connectivity index (χ3n) is 2.54. The summed E-state index contributed by atoms with van der Waals surface area (Å²) in [6.45, 7) is 4.07. The van der Waals surface area contributed by atoms with E-state index >= 15 is 0 Å². The Morgan fingerprint density at radius 2 is 2.17 bits per heavy atom. The number of nitrogens with zero attached hydrogens (tertiary/aromatic N) is 4. The molecule has 0 aliphatic carbocycles. The van der Waals surface area contributed by atoms with Gasteiger partial charge in [-0.2, -0.15) is 4.98 Å². The summed E-state index contributed by atoms with van der Waals surface area (Å²) in [5.74, 6) is 0.737. The minimum Gasteiger partial charge on any atom is -0.385 e. The van der Waals surface area contributed by atoms with Gasteiger partial charge in [0.15, 0.2) is 0 Å². The van der Waals surface area contributed by atoms with Crippen LogP contribution in [0.4, 0.5) is 0 Å². The zero-order valence-corrected chi connectivity index (χ0v) is 11.3. The highest BCUT2D eigenvalue weighted by molar-refractivity contribution is 7.09. The highest BCUT2D eigenvalue weighted by Gasteiger charge is 2.19. The molecule has 0 saturated heterocycles. The van der Waals surface area contributed by atoms with Gasteiger partial charge in [-0.1, -0.05) is 36.3 Å². The first-order chi connectivity index (χ1) is 8.76. The molecule has 2 aromatic rings. The topological polar surface area (TPSA) is 84.9 Å². The number of rotatable bonds is 6. The fraction of sp³-hybridized carbons (Fsp3) is 0.636. The zero-order chi connectivity index (χ0) is 13.0. The first-order valence-corrected chi connectivity index (χ1v) is 6.86. The number of aliphatic hydroxyl groups is 1. The van der Waals surface area contributed by atoms with E-state index in [0.717, 1.165) is 29.8 Å². The molecule has 0 bridgehead atoms. The van der Waals surface area contributed by atoms with E-state index in [1.54, 1.807) is 0 Å². The van der Waals surface area contributed by atoms with Crippen LogP contribution in [0.15, 0.2) is 4.52 Å². The molecule has 0 aromatic carbocycles. The van der Waals surface area contributed by atoms with Crippen molar-refractivity contribution in [1.82, 2.24) is 19.7 Å². The summed E-state index contributed by atoms with van der Waals surface area (Å²) in [4.78, 5) is 5.02. The van der Waals surface area contributed by atoms with Crippen molar-refractivity contribution in [2.75, 3.05) is 0 Å². The van der Waals surface area contributed by atoms with Crippen molar-refractivity contribution in [3.63, 3.8) is 0 Å². The molecule has 0 aliphatic rings. The smallest absolute Gasteiger partial charge is 0.271 e. The van der Waals surface area contributed by atoms with E-state index in [4.69, 9.17) is 4.52 Å². The van der Waals surface area contributed by atoms with Gasteiger partial charge in [0, 0.05) is 0 Å². The average molecular weight is 268 g/mol. The van der Waals surface area contributed by atoms with Gasteiger partial charge in [-0.3, -0.25) is 0 Å². The van der Waals surface area contributed by atoms with Crippen LogP contribution in [0, 0.1) is 0 Å². The highest BCUT2D eigenvalue weighted by Crippen LogP contribution is 2.27. The molecule has 2 rings (SSSR count). The molecule has 98 valence electrons. The Labute approximate surface area is 109 Å². The first-order valence-electron chi connectivity index (χ1n) is 6.09. The molecule has 0 spiro atoms. The molecule has 2 aromatic heterocycles. The van der Waals surface area contributed by atoms with E-state index in [0.29, 0.717) is 18.1 Å². The fourth-order valence-corrected chi connectivity index (χ4v) is 2.27. The van der Waals surface area contributed by atoms with Crippen LogP contribution in [0.25, 0.3) is 10.8 Å². The summed E-state index contributed by atoms with van der Waals surface area (Å²) >= 11 is 1.24. The van der Waals surface area contributed by atoms with Crippen molar-refractivity contribution in [3.8, 4) is 10.8 Å². The van der Waals surface area contributed by atoms with E-state index in [2.05, 4.69) is 26.7 Å². The second kappa shape index (κ2) is 6.01. The van der Waals surface area contributed by atoms with Crippen LogP contribution in [-0.2, 0) is 6.42 Å². The zero-order valence-electron chi connectivity index (χ0n) is 10.5. The SMILES string of the molecule is CCCc1nnsc1-c1nc(C(O)CCC)no1. The number of aryl methyl sites for hydroxylation is 1. The number of hydrogen-bond donors (Lipinski definition) is 1. The Balaban J connectivity index is 2.21. The summed E-state index contributed by atoms with van der Waals surface area (Å²) in [7, 11) is 0. The van der Waals surface area contributed by atoms with Gasteiger partial charge in [-0.25, -0.2) is 0 Å². The van der Waals surface area contributed by atoms with Gasteiger partial charge in [0.05, 0.1) is 5.69 Å². The number of aromatic nitrogens is 4. The Hall–Kier alpha value is -1.34. The maximum atomic E-state index is 9.79. The number of hydrogen-bond acceptors (Lipinski definition) is 7. The van der Waals surface area contributed by atoms with Gasteiger partial charge >= 0.3 is 0 Å². The van der Waals surface area contributed by atoms with Gasteiger partial charge in [-0.15, -0.1) is 5.10 Å². The standard InChI is InChI=1S/C11H16N4O2S/c1-3-5-7-9(18-15-13-7)11-12-10(14-17-11)8(16)6-4-2/h8,16H,3-6H2,1-2H3. The van der Waals surface area contributed by atoms with Gasteiger partial charge in [0.25, 0.3) is 5.89 Å². The largest absolute Gasteiger partial charge is 0.385 e. The van der Waals surface area contributed by atoms with Gasteiger partial charge in [0.2, 0.25) is 5.82 Å². The fourth-order valence-electron chi connectivity index (χ4n) is 1.64. The minimum absolute atomic E-state index is 0.336. The van der Waals surface area contributed by atoms with E-state index in [-0.39, 0.29) is 0 Å². The molecule has 0 aliphatic heterocycles. The lowest BCUT2D eigenvalue weighted by Crippen LogP contribution is -1.98. The van der Waals surface area contributed by atoms with E-state index < -0.39 is 6.10 Å². The van der Waals surface area contributed by atoms with Gasteiger partial charge < -0.3 is 9.63 Å². The molecule has 6 nitrogen and oxygen atoms in total. The lowest BCUT2D eigenvalue weighted by molar-refractivity contribution is 0.153. The second-order valence-electron chi connectivity index (χ2n) is 4.06. The van der Waals surface area contributed by atoms with Crippen molar-refractivity contribution in [2.45, 2.75) is 45.6 Å². The molecule has 1 unspecified atom stereocenters. The van der Waals surface area contributed by atoms with Crippen LogP contribution in [-0.4, -0.2) is 24.8 Å². The molecule has 7 heteroatoms. The van der Waals surface area contributed by atoms with Crippen LogP contribution >= 0.6 is 11.5 Å². The lowest BCUT2D eigenvalue weighted by Gasteiger charge is -2.01. The van der Waals surface area contributed by atoms with E-state index in [1.165, 1.54) is 11.5 Å². The summed E-state index contributed by atoms with van der Waals surface area (Å²) in [6, 6.07) is 0. The molecular formula is C11H16N4O2S. The van der Waals surface area contributed by atoms with E-state index in [1.807, 2.05) is 6.92 Å². The van der Waals surface area contributed by atoms with Crippen LogP contribution < -0.4 is 0 Å². The maximum absolute atomic E-state index is 9.79. The Bertz CT molecular complexity index is 497. The average Bonchev–Trinajstić information content (AvgIpc) is 2.97. The first kappa shape index (κ1) is 13.1. The minimum atomic E-state index is -0.664. The second-order valence-corrected chi connectivity index (χ2v) is 4.82. The predicted octanol–water partition coefficient (Wildman–Crippen LogP) is 2.37. The summed E-state index contributed by atoms with van der Waals surface area (Å²) in [5.41, 5.74) is 0.877. The van der Waals surface area contributed by atoms with E-state index in [9.17, 15) is 5.11 Å². The molecular weight excluding hydrogens is 252 g/mol. The number of aliphatic hydroxyl groups excluding tert-OH is 1. The third-order valence-corrected chi connectivity index (χ3v) is 3.29. The van der Waals surface area contributed by atoms with Gasteiger partial charge in [0.1, 0.15) is 11.0 Å². The van der Waals surface area contributed by atoms with Crippen molar-refractivity contribution >= 4 is 11.5 Å². The summed E-state index contributed by atoms with van der Waals surface area (Å²) in [5, 5.41) is 17.6. The summed E-state index contributed by atoms with van der Waals surface area (Å²) < 4.78 is 9.08. The molecule has 2 heterocycles. The van der Waals surface area contributed by atoms with Crippen LogP contribution in [0.2, 0.25) is 0 Å².